The molecule has 2 aromatic rings. The summed E-state index contributed by atoms with van der Waals surface area (Å²) in [4.78, 5) is 63.1. The number of sulfonamides is 1. The number of fused-ring (bicyclic) bond motifs is 5. The maximum Gasteiger partial charge on any atom is 0.408 e. The quantitative estimate of drug-likeness (QED) is 0.349. The first-order valence-electron chi connectivity index (χ1n) is 20.1. The van der Waals surface area contributed by atoms with Gasteiger partial charge >= 0.3 is 6.09 Å². The second-order valence-corrected chi connectivity index (χ2v) is 19.7. The SMILES string of the molecule is COc1ccc2nc(C)c3c(c2c1)CC[C@]1(C[C@H]2C(=O)N[C@]4(C(=O)NS(=O)(=O)C5(C)CC5)C[C@H]4/C=C\CCCCC[C@H](NC(=O)OC4(C)CCC4)C(=O)N2C1)O3. The Morgan fingerprint density at radius 3 is 2.54 bits per heavy atom. The fraction of sp³-hybridized carbons (Fsp3) is 0.634. The van der Waals surface area contributed by atoms with Gasteiger partial charge in [0.15, 0.2) is 0 Å². The van der Waals surface area contributed by atoms with Gasteiger partial charge in [0.25, 0.3) is 5.91 Å². The molecule has 3 N–H and O–H groups in total. The zero-order valence-corrected chi connectivity index (χ0v) is 33.5. The Morgan fingerprint density at radius 2 is 1.82 bits per heavy atom. The number of allylic oxidation sites excluding steroid dienone is 1. The summed E-state index contributed by atoms with van der Waals surface area (Å²) in [6.45, 7) is 5.42. The van der Waals surface area contributed by atoms with Crippen LogP contribution >= 0.6 is 0 Å². The van der Waals surface area contributed by atoms with E-state index in [-0.39, 0.29) is 19.4 Å². The van der Waals surface area contributed by atoms with Crippen LogP contribution in [0.1, 0.15) is 109 Å². The fourth-order valence-corrected chi connectivity index (χ4v) is 10.3. The number of benzene rings is 1. The molecule has 3 aliphatic heterocycles. The molecule has 56 heavy (non-hydrogen) atoms. The average Bonchev–Trinajstić information content (AvgIpc) is 4.04. The lowest BCUT2D eigenvalue weighted by Gasteiger charge is -2.38. The molecule has 3 aliphatic carbocycles. The highest BCUT2D eigenvalue weighted by Gasteiger charge is 2.64. The zero-order valence-electron chi connectivity index (χ0n) is 32.7. The van der Waals surface area contributed by atoms with Crippen molar-refractivity contribution in [1.82, 2.24) is 25.2 Å². The normalized spacial score (nSPS) is 31.1. The number of methoxy groups -OCH3 is 1. The van der Waals surface area contributed by atoms with Gasteiger partial charge in [-0.25, -0.2) is 18.2 Å². The maximum atomic E-state index is 14.8. The molecule has 3 saturated carbocycles. The smallest absolute Gasteiger partial charge is 0.408 e. The molecule has 4 amide bonds. The largest absolute Gasteiger partial charge is 0.497 e. The first-order valence-corrected chi connectivity index (χ1v) is 21.6. The monoisotopic (exact) mass is 791 g/mol. The van der Waals surface area contributed by atoms with Gasteiger partial charge in [-0.1, -0.05) is 25.0 Å². The lowest BCUT2D eigenvalue weighted by atomic mass is 9.82. The first kappa shape index (κ1) is 38.5. The van der Waals surface area contributed by atoms with E-state index in [0.29, 0.717) is 62.1 Å². The number of alkyl carbamates (subject to hydrolysis) is 1. The van der Waals surface area contributed by atoms with Crippen LogP contribution in [-0.2, 0) is 35.6 Å². The van der Waals surface area contributed by atoms with Crippen LogP contribution in [0.3, 0.4) is 0 Å². The Labute approximate surface area is 327 Å². The van der Waals surface area contributed by atoms with E-state index in [9.17, 15) is 27.6 Å². The molecule has 0 unspecified atom stereocenters. The minimum atomic E-state index is -3.99. The number of ether oxygens (including phenoxy) is 3. The van der Waals surface area contributed by atoms with Crippen LogP contribution in [-0.4, -0.2) is 89.3 Å². The van der Waals surface area contributed by atoms with Crippen LogP contribution < -0.4 is 24.8 Å². The Balaban J connectivity index is 1.13. The molecule has 0 radical (unpaired) electrons. The minimum absolute atomic E-state index is 0.0547. The summed E-state index contributed by atoms with van der Waals surface area (Å²) in [5.74, 6) is -0.931. The molecule has 1 spiro atoms. The predicted octanol–water partition coefficient (Wildman–Crippen LogP) is 4.65. The molecule has 1 aromatic heterocycles. The second kappa shape index (κ2) is 13.9. The van der Waals surface area contributed by atoms with Gasteiger partial charge in [-0.05, 0) is 110 Å². The first-order chi connectivity index (χ1) is 26.6. The van der Waals surface area contributed by atoms with Gasteiger partial charge in [0.1, 0.15) is 40.3 Å². The van der Waals surface area contributed by atoms with E-state index >= 15 is 0 Å². The van der Waals surface area contributed by atoms with E-state index in [1.807, 2.05) is 44.2 Å². The topological polar surface area (TPSA) is 182 Å². The van der Waals surface area contributed by atoms with Crippen molar-refractivity contribution in [2.24, 2.45) is 5.92 Å². The highest BCUT2D eigenvalue weighted by atomic mass is 32.2. The minimum Gasteiger partial charge on any atom is -0.497 e. The summed E-state index contributed by atoms with van der Waals surface area (Å²) in [7, 11) is -2.38. The Hall–Kier alpha value is -4.40. The van der Waals surface area contributed by atoms with Crippen molar-refractivity contribution in [2.75, 3.05) is 13.7 Å². The number of hydrogen-bond acceptors (Lipinski definition) is 10. The third-order valence-electron chi connectivity index (χ3n) is 13.2. The van der Waals surface area contributed by atoms with Crippen LogP contribution in [0.5, 0.6) is 11.5 Å². The van der Waals surface area contributed by atoms with Crippen LogP contribution in [0.25, 0.3) is 10.9 Å². The number of aromatic nitrogens is 1. The number of nitrogens with one attached hydrogen (secondary N) is 3. The molecule has 15 heteroatoms. The molecule has 1 aromatic carbocycles. The Bertz CT molecular complexity index is 2110. The molecular weight excluding hydrogens is 739 g/mol. The molecule has 4 fully saturated rings. The van der Waals surface area contributed by atoms with Crippen molar-refractivity contribution >= 4 is 44.7 Å². The van der Waals surface area contributed by atoms with Crippen molar-refractivity contribution in [2.45, 2.75) is 144 Å². The van der Waals surface area contributed by atoms with Crippen LogP contribution in [0.4, 0.5) is 4.79 Å². The van der Waals surface area contributed by atoms with Crippen molar-refractivity contribution in [1.29, 1.82) is 0 Å². The van der Waals surface area contributed by atoms with Crippen LogP contribution in [0.2, 0.25) is 0 Å². The van der Waals surface area contributed by atoms with E-state index in [0.717, 1.165) is 48.6 Å². The molecule has 14 nitrogen and oxygen atoms in total. The molecule has 0 bridgehead atoms. The van der Waals surface area contributed by atoms with Gasteiger partial charge in [0.05, 0.1) is 29.6 Å². The summed E-state index contributed by atoms with van der Waals surface area (Å²) < 4.78 is 45.9. The number of rotatable bonds is 6. The van der Waals surface area contributed by atoms with Crippen LogP contribution in [0.15, 0.2) is 30.4 Å². The summed E-state index contributed by atoms with van der Waals surface area (Å²) in [6, 6.07) is 3.66. The highest BCUT2D eigenvalue weighted by Crippen LogP contribution is 2.49. The number of carbonyl (C=O) groups excluding carboxylic acids is 4. The summed E-state index contributed by atoms with van der Waals surface area (Å²) >= 11 is 0. The Kier molecular flexibility index (Phi) is 9.56. The lowest BCUT2D eigenvalue weighted by Crippen LogP contribution is -2.59. The molecular formula is C41H53N5O9S. The second-order valence-electron chi connectivity index (χ2n) is 17.5. The zero-order chi connectivity index (χ0) is 39.7. The van der Waals surface area contributed by atoms with E-state index in [1.165, 1.54) is 4.90 Å². The summed E-state index contributed by atoms with van der Waals surface area (Å²) in [5, 5.41) is 6.72. The maximum absolute atomic E-state index is 14.8. The van der Waals surface area contributed by atoms with E-state index in [4.69, 9.17) is 19.2 Å². The number of aryl methyl sites for hydroxylation is 2. The number of carbonyl (C=O) groups is 4. The number of nitrogens with zero attached hydrogens (tertiary/aromatic N) is 2. The molecule has 1 saturated heterocycles. The van der Waals surface area contributed by atoms with Crippen LogP contribution in [0, 0.1) is 12.8 Å². The number of amides is 4. The summed E-state index contributed by atoms with van der Waals surface area (Å²) in [6.07, 6.45) is 11.2. The van der Waals surface area contributed by atoms with Crippen molar-refractivity contribution in [3.05, 3.63) is 41.6 Å². The summed E-state index contributed by atoms with van der Waals surface area (Å²) in [5.41, 5.74) is -0.615. The van der Waals surface area contributed by atoms with Gasteiger partial charge in [0, 0.05) is 23.3 Å². The number of hydrogen-bond donors (Lipinski definition) is 3. The van der Waals surface area contributed by atoms with Gasteiger partial charge < -0.3 is 29.7 Å². The molecule has 8 rings (SSSR count). The van der Waals surface area contributed by atoms with Crippen molar-refractivity contribution in [3.63, 3.8) is 0 Å². The predicted molar refractivity (Wildman–Crippen MR) is 206 cm³/mol. The van der Waals surface area contributed by atoms with E-state index in [2.05, 4.69) is 15.4 Å². The third-order valence-corrected chi connectivity index (χ3v) is 15.4. The Morgan fingerprint density at radius 1 is 1.04 bits per heavy atom. The third kappa shape index (κ3) is 6.97. The number of pyridine rings is 1. The van der Waals surface area contributed by atoms with Crippen molar-refractivity contribution < 1.29 is 41.8 Å². The van der Waals surface area contributed by atoms with Gasteiger partial charge in [-0.15, -0.1) is 0 Å². The van der Waals surface area contributed by atoms with Gasteiger partial charge in [0.2, 0.25) is 21.8 Å². The fourth-order valence-electron chi connectivity index (χ4n) is 8.97. The van der Waals surface area contributed by atoms with Gasteiger partial charge in [-0.3, -0.25) is 19.1 Å². The molecule has 302 valence electrons. The van der Waals surface area contributed by atoms with E-state index < -0.39 is 73.3 Å². The molecule has 5 atom stereocenters. The average molecular weight is 792 g/mol. The molecule has 6 aliphatic rings. The standard InChI is InChI=1S/C41H53N5O9S/c1-25-33-28(29-21-27(53-4)13-14-30(29)42-25)15-18-40(54-33)23-32-34(47)44-41(36(49)45-56(51,52)39(3)19-20-39)22-26(41)11-8-6-5-7-9-12-31(35(48)46(32)24-40)43-37(50)55-38(2)16-10-17-38/h8,11,13-14,21,26,31-32H,5-7,9-10,12,15-20,22-24H2,1-4H3,(H,43,50)(H,44,47)(H,45,49)/b11-8-/t26-,31+,32+,40-,41-/m1/s1. The molecule has 4 heterocycles. The van der Waals surface area contributed by atoms with Gasteiger partial charge in [-0.2, -0.15) is 0 Å². The lowest BCUT2D eigenvalue weighted by molar-refractivity contribution is -0.141. The van der Waals surface area contributed by atoms with E-state index in [1.54, 1.807) is 14.0 Å². The van der Waals surface area contributed by atoms with Crippen molar-refractivity contribution in [3.8, 4) is 11.5 Å². The highest BCUT2D eigenvalue weighted by molar-refractivity contribution is 7.91.